The highest BCUT2D eigenvalue weighted by Crippen LogP contribution is 2.35. The van der Waals surface area contributed by atoms with Gasteiger partial charge in [-0.25, -0.2) is 14.4 Å². The number of nitrogens with one attached hydrogen (secondary N) is 1. The number of para-hydroxylation sites is 1. The lowest BCUT2D eigenvalue weighted by Gasteiger charge is -2.01. The number of benzene rings is 2. The Bertz CT molecular complexity index is 995. The van der Waals surface area contributed by atoms with Gasteiger partial charge in [-0.05, 0) is 37.3 Å². The fourth-order valence-electron chi connectivity index (χ4n) is 2.29. The fraction of sp³-hybridized carbons (Fsp3) is 0.125. The van der Waals surface area contributed by atoms with Gasteiger partial charge in [-0.1, -0.05) is 28.7 Å². The number of hydrogen-bond donors (Lipinski definition) is 1. The summed E-state index contributed by atoms with van der Waals surface area (Å²) in [4.78, 5) is 9.04. The Kier molecular flexibility index (Phi) is 3.59. The Morgan fingerprint density at radius 1 is 1.09 bits per heavy atom. The summed E-state index contributed by atoms with van der Waals surface area (Å²) in [5.41, 5.74) is 1.61. The van der Waals surface area contributed by atoms with Crippen molar-refractivity contribution in [3.63, 3.8) is 0 Å². The first kappa shape index (κ1) is 14.3. The summed E-state index contributed by atoms with van der Waals surface area (Å²) in [6.07, 6.45) is 0. The van der Waals surface area contributed by atoms with Crippen molar-refractivity contribution in [2.45, 2.75) is 6.92 Å². The van der Waals surface area contributed by atoms with E-state index >= 15 is 0 Å². The maximum Gasteiger partial charge on any atom is 0.190 e. The van der Waals surface area contributed by atoms with Gasteiger partial charge in [0.25, 0.3) is 0 Å². The van der Waals surface area contributed by atoms with E-state index in [2.05, 4.69) is 15.3 Å². The van der Waals surface area contributed by atoms with E-state index in [-0.39, 0.29) is 5.82 Å². The topological polar surface area (TPSA) is 47.0 Å². The molecule has 2 aromatic heterocycles. The van der Waals surface area contributed by atoms with Crippen LogP contribution < -0.4 is 10.1 Å². The van der Waals surface area contributed by atoms with Crippen LogP contribution in [-0.4, -0.2) is 16.6 Å². The zero-order valence-corrected chi connectivity index (χ0v) is 13.8. The van der Waals surface area contributed by atoms with E-state index in [0.29, 0.717) is 11.7 Å². The van der Waals surface area contributed by atoms with Gasteiger partial charge in [0.1, 0.15) is 17.1 Å². The van der Waals surface area contributed by atoms with E-state index < -0.39 is 0 Å². The van der Waals surface area contributed by atoms with Crippen LogP contribution >= 0.6 is 22.7 Å². The lowest BCUT2D eigenvalue weighted by atomic mass is 10.3. The molecule has 0 spiro atoms. The Hall–Kier alpha value is -2.25. The van der Waals surface area contributed by atoms with Gasteiger partial charge in [-0.2, -0.15) is 0 Å². The maximum absolute atomic E-state index is 13.3. The zero-order valence-electron chi connectivity index (χ0n) is 12.2. The molecular weight excluding hydrogens is 333 g/mol. The van der Waals surface area contributed by atoms with E-state index in [1.807, 2.05) is 25.1 Å². The van der Waals surface area contributed by atoms with Gasteiger partial charge in [-0.3, -0.25) is 0 Å². The smallest absolute Gasteiger partial charge is 0.190 e. The molecule has 0 saturated heterocycles. The predicted octanol–water partition coefficient (Wildman–Crippen LogP) is 5.19. The van der Waals surface area contributed by atoms with Crippen LogP contribution in [0.15, 0.2) is 36.4 Å². The van der Waals surface area contributed by atoms with Crippen molar-refractivity contribution >= 4 is 53.4 Å². The first-order valence-electron chi connectivity index (χ1n) is 7.08. The summed E-state index contributed by atoms with van der Waals surface area (Å²) in [6, 6.07) is 10.5. The van der Waals surface area contributed by atoms with E-state index in [1.54, 1.807) is 6.07 Å². The third-order valence-corrected chi connectivity index (χ3v) is 5.12. The number of ether oxygens (including phenoxy) is 1. The van der Waals surface area contributed by atoms with Gasteiger partial charge in [-0.15, -0.1) is 0 Å². The largest absolute Gasteiger partial charge is 0.492 e. The van der Waals surface area contributed by atoms with Crippen molar-refractivity contribution < 1.29 is 9.13 Å². The number of fused-ring (bicyclic) bond motifs is 2. The minimum atomic E-state index is -0.256. The van der Waals surface area contributed by atoms with E-state index in [4.69, 9.17) is 4.74 Å². The molecule has 4 rings (SSSR count). The monoisotopic (exact) mass is 345 g/mol. The van der Waals surface area contributed by atoms with E-state index in [9.17, 15) is 4.39 Å². The molecule has 4 aromatic rings. The van der Waals surface area contributed by atoms with Gasteiger partial charge in [0, 0.05) is 0 Å². The second-order valence-electron chi connectivity index (χ2n) is 4.81. The van der Waals surface area contributed by atoms with Crippen molar-refractivity contribution in [1.29, 1.82) is 0 Å². The predicted molar refractivity (Wildman–Crippen MR) is 93.6 cm³/mol. The van der Waals surface area contributed by atoms with Crippen molar-refractivity contribution in [2.75, 3.05) is 11.9 Å². The first-order valence-corrected chi connectivity index (χ1v) is 8.71. The average molecular weight is 345 g/mol. The summed E-state index contributed by atoms with van der Waals surface area (Å²) in [6.45, 7) is 2.55. The van der Waals surface area contributed by atoms with Crippen LogP contribution in [0.4, 0.5) is 14.7 Å². The van der Waals surface area contributed by atoms with Gasteiger partial charge >= 0.3 is 0 Å². The van der Waals surface area contributed by atoms with Crippen LogP contribution in [0.1, 0.15) is 6.92 Å². The molecule has 0 atom stereocenters. The molecule has 0 amide bonds. The van der Waals surface area contributed by atoms with Gasteiger partial charge in [0.2, 0.25) is 0 Å². The second-order valence-corrected chi connectivity index (χ2v) is 6.87. The van der Waals surface area contributed by atoms with Gasteiger partial charge in [0.05, 0.1) is 21.5 Å². The molecule has 23 heavy (non-hydrogen) atoms. The number of anilines is 2. The molecule has 1 N–H and O–H groups in total. The van der Waals surface area contributed by atoms with Crippen LogP contribution in [-0.2, 0) is 0 Å². The molecule has 2 heterocycles. The minimum absolute atomic E-state index is 0.256. The zero-order chi connectivity index (χ0) is 15.8. The van der Waals surface area contributed by atoms with Gasteiger partial charge in [0.15, 0.2) is 10.3 Å². The number of aromatic nitrogens is 2. The molecule has 0 fully saturated rings. The number of halogens is 1. The molecule has 116 valence electrons. The quantitative estimate of drug-likeness (QED) is 0.553. The third-order valence-electron chi connectivity index (χ3n) is 3.25. The van der Waals surface area contributed by atoms with Crippen molar-refractivity contribution in [1.82, 2.24) is 9.97 Å². The average Bonchev–Trinajstić information content (AvgIpc) is 3.10. The van der Waals surface area contributed by atoms with Crippen LogP contribution in [0.3, 0.4) is 0 Å². The van der Waals surface area contributed by atoms with Crippen molar-refractivity contribution in [3.8, 4) is 5.75 Å². The Morgan fingerprint density at radius 3 is 2.78 bits per heavy atom. The van der Waals surface area contributed by atoms with Crippen LogP contribution in [0.25, 0.3) is 20.4 Å². The Morgan fingerprint density at radius 2 is 1.91 bits per heavy atom. The minimum Gasteiger partial charge on any atom is -0.492 e. The molecule has 0 aliphatic heterocycles. The Labute approximate surface area is 139 Å². The number of nitrogens with zero attached hydrogens (tertiary/aromatic N) is 2. The van der Waals surface area contributed by atoms with Gasteiger partial charge < -0.3 is 10.1 Å². The highest BCUT2D eigenvalue weighted by Gasteiger charge is 2.11. The maximum atomic E-state index is 13.3. The van der Waals surface area contributed by atoms with Crippen LogP contribution in [0, 0.1) is 5.82 Å². The molecule has 7 heteroatoms. The summed E-state index contributed by atoms with van der Waals surface area (Å²) in [5.74, 6) is 0.523. The Balaban J connectivity index is 1.69. The van der Waals surface area contributed by atoms with Crippen molar-refractivity contribution in [3.05, 3.63) is 42.2 Å². The first-order chi connectivity index (χ1) is 11.2. The summed E-state index contributed by atoms with van der Waals surface area (Å²) >= 11 is 2.94. The fourth-order valence-corrected chi connectivity index (χ4v) is 4.13. The highest BCUT2D eigenvalue weighted by molar-refractivity contribution is 7.24. The molecule has 0 aliphatic rings. The number of hydrogen-bond acceptors (Lipinski definition) is 6. The molecule has 0 radical (unpaired) electrons. The standard InChI is InChI=1S/C16H12FN3OS2/c1-2-21-11-4-3-5-12-14(11)19-16(22-12)20-15-18-10-7-6-9(17)8-13(10)23-15/h3-8H,2H2,1H3,(H,18,19,20). The molecule has 0 unspecified atom stereocenters. The SMILES string of the molecule is CCOc1cccc2sc(Nc3nc4ccc(F)cc4s3)nc12. The molecule has 0 bridgehead atoms. The second kappa shape index (κ2) is 5.75. The van der Waals surface area contributed by atoms with Crippen molar-refractivity contribution in [2.24, 2.45) is 0 Å². The lowest BCUT2D eigenvalue weighted by molar-refractivity contribution is 0.344. The summed E-state index contributed by atoms with van der Waals surface area (Å²) in [5, 5.41) is 4.65. The summed E-state index contributed by atoms with van der Waals surface area (Å²) in [7, 11) is 0. The summed E-state index contributed by atoms with van der Waals surface area (Å²) < 4.78 is 20.7. The molecule has 2 aromatic carbocycles. The number of rotatable bonds is 4. The molecular formula is C16H12FN3OS2. The molecule has 4 nitrogen and oxygen atoms in total. The van der Waals surface area contributed by atoms with Crippen LogP contribution in [0.5, 0.6) is 5.75 Å². The molecule has 0 aliphatic carbocycles. The molecule has 0 saturated carbocycles. The normalized spacial score (nSPS) is 11.2. The highest BCUT2D eigenvalue weighted by atomic mass is 32.1. The lowest BCUT2D eigenvalue weighted by Crippen LogP contribution is -1.92. The van der Waals surface area contributed by atoms with E-state index in [0.717, 1.165) is 31.3 Å². The number of thiazole rings is 2. The van der Waals surface area contributed by atoms with Crippen LogP contribution in [0.2, 0.25) is 0 Å². The third kappa shape index (κ3) is 2.73. The van der Waals surface area contributed by atoms with E-state index in [1.165, 1.54) is 34.8 Å².